The molecule has 1 aromatic rings. The topological polar surface area (TPSA) is 49.4 Å². The van der Waals surface area contributed by atoms with Crippen LogP contribution in [0.5, 0.6) is 0 Å². The van der Waals surface area contributed by atoms with Gasteiger partial charge in [0.1, 0.15) is 6.04 Å². The lowest BCUT2D eigenvalue weighted by atomic mass is 10.2. The quantitative estimate of drug-likeness (QED) is 0.904. The van der Waals surface area contributed by atoms with Crippen LogP contribution in [-0.4, -0.2) is 35.8 Å². The lowest BCUT2D eigenvalue weighted by Gasteiger charge is -2.23. The molecule has 1 aromatic heterocycles. The second kappa shape index (κ2) is 6.00. The zero-order valence-corrected chi connectivity index (χ0v) is 11.3. The van der Waals surface area contributed by atoms with E-state index in [0.29, 0.717) is 18.0 Å². The fraction of sp³-hybridized carbons (Fsp3) is 0.538. The highest BCUT2D eigenvalue weighted by atomic mass is 32.1. The first-order chi connectivity index (χ1) is 8.74. The molecule has 1 N–H and O–H groups in total. The number of rotatable bonds is 4. The predicted molar refractivity (Wildman–Crippen MR) is 71.7 cm³/mol. The van der Waals surface area contributed by atoms with Crippen LogP contribution < -0.4 is 5.32 Å². The number of carbonyl (C=O) groups is 2. The van der Waals surface area contributed by atoms with Crippen LogP contribution in [0, 0.1) is 0 Å². The van der Waals surface area contributed by atoms with Gasteiger partial charge in [0.2, 0.25) is 5.91 Å². The van der Waals surface area contributed by atoms with Crippen LogP contribution in [0.3, 0.4) is 0 Å². The molecule has 18 heavy (non-hydrogen) atoms. The third kappa shape index (κ3) is 2.72. The van der Waals surface area contributed by atoms with Crippen molar-refractivity contribution in [2.75, 3.05) is 13.1 Å². The van der Waals surface area contributed by atoms with E-state index in [2.05, 4.69) is 5.32 Å². The van der Waals surface area contributed by atoms with Crippen molar-refractivity contribution >= 4 is 23.2 Å². The van der Waals surface area contributed by atoms with Gasteiger partial charge in [0, 0.05) is 13.1 Å². The van der Waals surface area contributed by atoms with E-state index in [0.717, 1.165) is 19.3 Å². The van der Waals surface area contributed by atoms with Crippen LogP contribution in [-0.2, 0) is 4.79 Å². The molecule has 98 valence electrons. The molecule has 1 saturated heterocycles. The second-order valence-electron chi connectivity index (χ2n) is 4.42. The third-order valence-electron chi connectivity index (χ3n) is 3.10. The lowest BCUT2D eigenvalue weighted by molar-refractivity contribution is -0.124. The molecular formula is C13H18N2O2S. The summed E-state index contributed by atoms with van der Waals surface area (Å²) in [5.41, 5.74) is 0. The van der Waals surface area contributed by atoms with Crippen LogP contribution in [0.4, 0.5) is 0 Å². The standard InChI is InChI=1S/C13H18N2O2S/c1-2-7-14-12(16)10-5-3-8-15(10)13(17)11-6-4-9-18-11/h4,6,9-10H,2-3,5,7-8H2,1H3,(H,14,16)/t10-/m0/s1. The molecule has 0 unspecified atom stereocenters. The maximum absolute atomic E-state index is 12.3. The predicted octanol–water partition coefficient (Wildman–Crippen LogP) is 1.88. The second-order valence-corrected chi connectivity index (χ2v) is 5.37. The Morgan fingerprint density at radius 1 is 1.56 bits per heavy atom. The summed E-state index contributed by atoms with van der Waals surface area (Å²) in [4.78, 5) is 26.7. The molecule has 2 amide bonds. The zero-order chi connectivity index (χ0) is 13.0. The normalized spacial score (nSPS) is 18.9. The van der Waals surface area contributed by atoms with Gasteiger partial charge in [0.05, 0.1) is 4.88 Å². The van der Waals surface area contributed by atoms with Crippen LogP contribution in [0.1, 0.15) is 35.9 Å². The lowest BCUT2D eigenvalue weighted by Crippen LogP contribution is -2.45. The van der Waals surface area contributed by atoms with E-state index in [4.69, 9.17) is 0 Å². The van der Waals surface area contributed by atoms with Gasteiger partial charge in [-0.3, -0.25) is 9.59 Å². The molecule has 2 heterocycles. The Morgan fingerprint density at radius 2 is 2.39 bits per heavy atom. The molecule has 1 aliphatic rings. The third-order valence-corrected chi connectivity index (χ3v) is 3.96. The van der Waals surface area contributed by atoms with Gasteiger partial charge in [-0.2, -0.15) is 0 Å². The van der Waals surface area contributed by atoms with Gasteiger partial charge in [-0.05, 0) is 30.7 Å². The first-order valence-corrected chi connectivity index (χ1v) is 7.24. The fourth-order valence-electron chi connectivity index (χ4n) is 2.19. The molecule has 0 aromatic carbocycles. The van der Waals surface area contributed by atoms with E-state index < -0.39 is 0 Å². The smallest absolute Gasteiger partial charge is 0.264 e. The van der Waals surface area contributed by atoms with Crippen molar-refractivity contribution in [3.05, 3.63) is 22.4 Å². The SMILES string of the molecule is CCCNC(=O)[C@@H]1CCCN1C(=O)c1cccs1. The summed E-state index contributed by atoms with van der Waals surface area (Å²) < 4.78 is 0. The zero-order valence-electron chi connectivity index (χ0n) is 10.5. The number of amides is 2. The molecule has 4 nitrogen and oxygen atoms in total. The molecule has 0 aliphatic carbocycles. The number of hydrogen-bond donors (Lipinski definition) is 1. The van der Waals surface area contributed by atoms with Crippen molar-refractivity contribution in [1.29, 1.82) is 0 Å². The minimum Gasteiger partial charge on any atom is -0.354 e. The molecule has 5 heteroatoms. The number of nitrogens with zero attached hydrogens (tertiary/aromatic N) is 1. The van der Waals surface area contributed by atoms with Crippen LogP contribution in [0.15, 0.2) is 17.5 Å². The highest BCUT2D eigenvalue weighted by Crippen LogP contribution is 2.22. The molecule has 0 saturated carbocycles. The number of carbonyl (C=O) groups excluding carboxylic acids is 2. The number of thiophene rings is 1. The highest BCUT2D eigenvalue weighted by molar-refractivity contribution is 7.12. The Morgan fingerprint density at radius 3 is 3.06 bits per heavy atom. The molecular weight excluding hydrogens is 248 g/mol. The molecule has 0 spiro atoms. The molecule has 2 rings (SSSR count). The summed E-state index contributed by atoms with van der Waals surface area (Å²) in [7, 11) is 0. The van der Waals surface area contributed by atoms with Crippen LogP contribution >= 0.6 is 11.3 Å². The van der Waals surface area contributed by atoms with Gasteiger partial charge >= 0.3 is 0 Å². The Labute approximate surface area is 111 Å². The Hall–Kier alpha value is -1.36. The van der Waals surface area contributed by atoms with Crippen molar-refractivity contribution in [3.63, 3.8) is 0 Å². The largest absolute Gasteiger partial charge is 0.354 e. The number of hydrogen-bond acceptors (Lipinski definition) is 3. The van der Waals surface area contributed by atoms with Gasteiger partial charge < -0.3 is 10.2 Å². The summed E-state index contributed by atoms with van der Waals surface area (Å²) in [6.07, 6.45) is 2.59. The van der Waals surface area contributed by atoms with E-state index in [1.807, 2.05) is 24.4 Å². The Bertz CT molecular complexity index is 417. The van der Waals surface area contributed by atoms with Crippen molar-refractivity contribution in [3.8, 4) is 0 Å². The maximum atomic E-state index is 12.3. The summed E-state index contributed by atoms with van der Waals surface area (Å²) in [5.74, 6) is -0.0293. The highest BCUT2D eigenvalue weighted by Gasteiger charge is 2.34. The molecule has 1 aliphatic heterocycles. The first kappa shape index (κ1) is 13.1. The maximum Gasteiger partial charge on any atom is 0.264 e. The van der Waals surface area contributed by atoms with Crippen molar-refractivity contribution in [2.45, 2.75) is 32.2 Å². The Balaban J connectivity index is 2.03. The number of likely N-dealkylation sites (tertiary alicyclic amines) is 1. The summed E-state index contributed by atoms with van der Waals surface area (Å²) in [5, 5.41) is 4.76. The first-order valence-electron chi connectivity index (χ1n) is 6.36. The van der Waals surface area contributed by atoms with E-state index in [1.165, 1.54) is 11.3 Å². The van der Waals surface area contributed by atoms with Crippen molar-refractivity contribution in [2.24, 2.45) is 0 Å². The van der Waals surface area contributed by atoms with E-state index in [1.54, 1.807) is 4.90 Å². The molecule has 0 radical (unpaired) electrons. The number of nitrogens with one attached hydrogen (secondary N) is 1. The average molecular weight is 266 g/mol. The summed E-state index contributed by atoms with van der Waals surface area (Å²) >= 11 is 1.43. The fourth-order valence-corrected chi connectivity index (χ4v) is 2.87. The van der Waals surface area contributed by atoms with E-state index in [9.17, 15) is 9.59 Å². The van der Waals surface area contributed by atoms with Gasteiger partial charge in [0.15, 0.2) is 0 Å². The monoisotopic (exact) mass is 266 g/mol. The van der Waals surface area contributed by atoms with Gasteiger partial charge in [0.25, 0.3) is 5.91 Å². The average Bonchev–Trinajstić information content (AvgIpc) is 3.04. The van der Waals surface area contributed by atoms with Crippen molar-refractivity contribution < 1.29 is 9.59 Å². The minimum absolute atomic E-state index is 0.0146. The summed E-state index contributed by atoms with van der Waals surface area (Å²) in [6, 6.07) is 3.39. The van der Waals surface area contributed by atoms with Gasteiger partial charge in [-0.15, -0.1) is 11.3 Å². The van der Waals surface area contributed by atoms with Gasteiger partial charge in [-0.25, -0.2) is 0 Å². The van der Waals surface area contributed by atoms with E-state index >= 15 is 0 Å². The molecule has 1 fully saturated rings. The van der Waals surface area contributed by atoms with Crippen LogP contribution in [0.25, 0.3) is 0 Å². The van der Waals surface area contributed by atoms with Crippen molar-refractivity contribution in [1.82, 2.24) is 10.2 Å². The Kier molecular flexibility index (Phi) is 4.36. The summed E-state index contributed by atoms with van der Waals surface area (Å²) in [6.45, 7) is 3.38. The molecule has 1 atom stereocenters. The van der Waals surface area contributed by atoms with E-state index in [-0.39, 0.29) is 17.9 Å². The van der Waals surface area contributed by atoms with Crippen LogP contribution in [0.2, 0.25) is 0 Å². The van der Waals surface area contributed by atoms with Gasteiger partial charge in [-0.1, -0.05) is 13.0 Å². The minimum atomic E-state index is -0.286. The molecule has 0 bridgehead atoms.